The average molecular weight is 505 g/mol. The van der Waals surface area contributed by atoms with Gasteiger partial charge in [-0.25, -0.2) is 18.6 Å². The Morgan fingerprint density at radius 2 is 1.56 bits per heavy atom. The second-order valence-corrected chi connectivity index (χ2v) is 10.4. The fourth-order valence-corrected chi connectivity index (χ4v) is 6.11. The Morgan fingerprint density at radius 1 is 0.944 bits per heavy atom. The van der Waals surface area contributed by atoms with Crippen LogP contribution in [0.1, 0.15) is 28.4 Å². The summed E-state index contributed by atoms with van der Waals surface area (Å²) in [4.78, 5) is 26.1. The summed E-state index contributed by atoms with van der Waals surface area (Å²) in [6.45, 7) is -0.0477. The first kappa shape index (κ1) is 23.7. The summed E-state index contributed by atoms with van der Waals surface area (Å²) in [5.74, 6) is -1.00. The zero-order chi connectivity index (χ0) is 25.3. The highest BCUT2D eigenvalue weighted by atomic mass is 32.2. The number of sulfonamides is 1. The van der Waals surface area contributed by atoms with Crippen molar-refractivity contribution in [3.63, 3.8) is 0 Å². The van der Waals surface area contributed by atoms with E-state index >= 15 is 0 Å². The number of H-pyrrole nitrogens is 1. The quantitative estimate of drug-likeness (QED) is 0.275. The van der Waals surface area contributed by atoms with Gasteiger partial charge in [-0.05, 0) is 41.8 Å². The number of fused-ring (bicyclic) bond motifs is 1. The molecular formula is C26H24N4O5S. The minimum atomic E-state index is -4.17. The van der Waals surface area contributed by atoms with Crippen molar-refractivity contribution in [1.82, 2.24) is 19.6 Å². The zero-order valence-electron chi connectivity index (χ0n) is 19.2. The predicted molar refractivity (Wildman–Crippen MR) is 132 cm³/mol. The third kappa shape index (κ3) is 4.26. The number of carbonyl (C=O) groups is 1. The van der Waals surface area contributed by atoms with Crippen LogP contribution in [0.25, 0.3) is 5.69 Å². The van der Waals surface area contributed by atoms with Crippen LogP contribution < -0.4 is 11.0 Å². The largest absolute Gasteiger partial charge is 0.295 e. The number of nitrogens with zero attached hydrogens (tertiary/aromatic N) is 2. The summed E-state index contributed by atoms with van der Waals surface area (Å²) in [6.07, 6.45) is 0.844. The average Bonchev–Trinajstić information content (AvgIpc) is 3.25. The van der Waals surface area contributed by atoms with Crippen molar-refractivity contribution < 1.29 is 18.4 Å². The lowest BCUT2D eigenvalue weighted by Gasteiger charge is -2.32. The van der Waals surface area contributed by atoms with Crippen LogP contribution in [0.15, 0.2) is 94.6 Å². The van der Waals surface area contributed by atoms with Crippen LogP contribution in [0.5, 0.6) is 0 Å². The van der Waals surface area contributed by atoms with Crippen LogP contribution in [0.2, 0.25) is 0 Å². The molecule has 0 saturated heterocycles. The minimum absolute atomic E-state index is 0.00239. The van der Waals surface area contributed by atoms with Crippen LogP contribution in [0, 0.1) is 0 Å². The maximum Gasteiger partial charge on any atom is 0.276 e. The van der Waals surface area contributed by atoms with Crippen molar-refractivity contribution in [2.75, 3.05) is 6.54 Å². The number of aromatic nitrogens is 2. The normalized spacial score (nSPS) is 15.9. The summed E-state index contributed by atoms with van der Waals surface area (Å²) in [5, 5.41) is 12.4. The maximum absolute atomic E-state index is 13.6. The van der Waals surface area contributed by atoms with Crippen molar-refractivity contribution in [1.29, 1.82) is 0 Å². The van der Waals surface area contributed by atoms with Gasteiger partial charge in [-0.15, -0.1) is 0 Å². The van der Waals surface area contributed by atoms with Crippen LogP contribution in [0.4, 0.5) is 0 Å². The lowest BCUT2D eigenvalue weighted by Crippen LogP contribution is -2.48. The summed E-state index contributed by atoms with van der Waals surface area (Å²) in [5.41, 5.74) is 3.99. The fourth-order valence-electron chi connectivity index (χ4n) is 4.55. The van der Waals surface area contributed by atoms with Gasteiger partial charge in [-0.2, -0.15) is 4.31 Å². The number of hydroxylamine groups is 1. The number of benzene rings is 3. The van der Waals surface area contributed by atoms with E-state index < -0.39 is 27.5 Å². The highest BCUT2D eigenvalue weighted by Gasteiger charge is 2.43. The molecule has 0 fully saturated rings. The Hall–Kier alpha value is -3.99. The van der Waals surface area contributed by atoms with Crippen molar-refractivity contribution in [3.05, 3.63) is 118 Å². The Morgan fingerprint density at radius 3 is 2.19 bits per heavy atom. The molecule has 3 aromatic carbocycles. The van der Waals surface area contributed by atoms with Gasteiger partial charge in [0.05, 0.1) is 16.1 Å². The number of para-hydroxylation sites is 1. The number of amides is 1. The van der Waals surface area contributed by atoms with Crippen LogP contribution in [0.3, 0.4) is 0 Å². The van der Waals surface area contributed by atoms with Gasteiger partial charge in [-0.3, -0.25) is 19.9 Å². The van der Waals surface area contributed by atoms with Crippen molar-refractivity contribution >= 4 is 15.9 Å². The number of nitrogens with one attached hydrogen (secondary N) is 2. The second kappa shape index (κ2) is 9.57. The summed E-state index contributed by atoms with van der Waals surface area (Å²) >= 11 is 0. The Balaban J connectivity index is 1.50. The van der Waals surface area contributed by atoms with E-state index in [1.807, 2.05) is 30.3 Å². The number of hydrogen-bond donors (Lipinski definition) is 3. The topological polar surface area (TPSA) is 124 Å². The molecule has 0 bridgehead atoms. The molecule has 0 radical (unpaired) electrons. The molecule has 36 heavy (non-hydrogen) atoms. The molecule has 0 aliphatic carbocycles. The molecular weight excluding hydrogens is 480 g/mol. The molecule has 1 aliphatic rings. The van der Waals surface area contributed by atoms with Gasteiger partial charge in [-0.1, -0.05) is 60.7 Å². The van der Waals surface area contributed by atoms with Gasteiger partial charge < -0.3 is 0 Å². The Kier molecular flexibility index (Phi) is 6.31. The standard InChI is InChI=1S/C26H24N4O5S/c31-25(28-33)24-23-22(27-30(26(23)32)20-9-5-2-6-10-20)15-16-29(24)36(34,35)21-13-11-19(12-14-21)17-18-7-3-1-4-8-18/h1-14,24,27,33H,15-17H2,(H,28,31). The molecule has 4 aromatic rings. The molecule has 1 unspecified atom stereocenters. The number of rotatable bonds is 6. The highest BCUT2D eigenvalue weighted by molar-refractivity contribution is 7.89. The summed E-state index contributed by atoms with van der Waals surface area (Å²) in [6, 6.07) is 23.5. The number of aromatic amines is 1. The first-order valence-corrected chi connectivity index (χ1v) is 12.8. The van der Waals surface area contributed by atoms with E-state index in [1.165, 1.54) is 22.3 Å². The molecule has 1 amide bonds. The van der Waals surface area contributed by atoms with Crippen LogP contribution >= 0.6 is 0 Å². The van der Waals surface area contributed by atoms with E-state index in [1.54, 1.807) is 42.5 Å². The minimum Gasteiger partial charge on any atom is -0.295 e. The van der Waals surface area contributed by atoms with E-state index in [4.69, 9.17) is 0 Å². The highest BCUT2D eigenvalue weighted by Crippen LogP contribution is 2.33. The molecule has 3 N–H and O–H groups in total. The summed E-state index contributed by atoms with van der Waals surface area (Å²) < 4.78 is 29.5. The smallest absolute Gasteiger partial charge is 0.276 e. The first-order chi connectivity index (χ1) is 17.4. The zero-order valence-corrected chi connectivity index (χ0v) is 20.0. The van der Waals surface area contributed by atoms with Crippen molar-refractivity contribution in [2.45, 2.75) is 23.8 Å². The van der Waals surface area contributed by atoms with Gasteiger partial charge in [0.1, 0.15) is 6.04 Å². The lowest BCUT2D eigenvalue weighted by atomic mass is 10.0. The molecule has 9 nitrogen and oxygen atoms in total. The van der Waals surface area contributed by atoms with Gasteiger partial charge in [0.15, 0.2) is 0 Å². The number of hydrogen-bond acceptors (Lipinski definition) is 5. The molecule has 10 heteroatoms. The molecule has 1 aliphatic heterocycles. The van der Waals surface area contributed by atoms with Crippen molar-refractivity contribution in [2.24, 2.45) is 0 Å². The lowest BCUT2D eigenvalue weighted by molar-refractivity contribution is -0.133. The molecule has 0 spiro atoms. The fraction of sp³-hybridized carbons (Fsp3) is 0.154. The predicted octanol–water partition coefficient (Wildman–Crippen LogP) is 2.55. The van der Waals surface area contributed by atoms with Gasteiger partial charge in [0.2, 0.25) is 10.0 Å². The van der Waals surface area contributed by atoms with Gasteiger partial charge in [0, 0.05) is 18.7 Å². The van der Waals surface area contributed by atoms with Gasteiger partial charge in [0.25, 0.3) is 11.5 Å². The van der Waals surface area contributed by atoms with E-state index in [2.05, 4.69) is 5.10 Å². The van der Waals surface area contributed by atoms with Crippen LogP contribution in [-0.4, -0.2) is 40.2 Å². The van der Waals surface area contributed by atoms with E-state index in [0.717, 1.165) is 15.4 Å². The molecule has 5 rings (SSSR count). The number of carbonyl (C=O) groups excluding carboxylic acids is 1. The third-order valence-electron chi connectivity index (χ3n) is 6.30. The van der Waals surface area contributed by atoms with E-state index in [9.17, 15) is 23.2 Å². The van der Waals surface area contributed by atoms with Crippen molar-refractivity contribution in [3.8, 4) is 5.69 Å². The van der Waals surface area contributed by atoms with E-state index in [-0.39, 0.29) is 23.4 Å². The first-order valence-electron chi connectivity index (χ1n) is 11.4. The van der Waals surface area contributed by atoms with Gasteiger partial charge >= 0.3 is 0 Å². The monoisotopic (exact) mass is 504 g/mol. The maximum atomic E-state index is 13.6. The van der Waals surface area contributed by atoms with E-state index in [0.29, 0.717) is 17.8 Å². The van der Waals surface area contributed by atoms with Crippen LogP contribution in [-0.2, 0) is 27.7 Å². The molecule has 184 valence electrons. The molecule has 0 saturated carbocycles. The Labute approximate surface area is 207 Å². The summed E-state index contributed by atoms with van der Waals surface area (Å²) in [7, 11) is -4.17. The molecule has 1 aromatic heterocycles. The molecule has 2 heterocycles. The molecule has 1 atom stereocenters. The second-order valence-electron chi connectivity index (χ2n) is 8.53. The SMILES string of the molecule is O=C(NO)C1c2c([nH]n(-c3ccccc3)c2=O)CCN1S(=O)(=O)c1ccc(Cc2ccccc2)cc1. The third-order valence-corrected chi connectivity index (χ3v) is 8.18. The Bertz CT molecular complexity index is 1550.